The molecule has 1 atom stereocenters. The predicted octanol–water partition coefficient (Wildman–Crippen LogP) is 2.66. The summed E-state index contributed by atoms with van der Waals surface area (Å²) in [7, 11) is 0. The quantitative estimate of drug-likeness (QED) is 0.770. The fourth-order valence-corrected chi connectivity index (χ4v) is 4.25. The van der Waals surface area contributed by atoms with Crippen LogP contribution in [0.25, 0.3) is 0 Å². The van der Waals surface area contributed by atoms with Gasteiger partial charge in [-0.2, -0.15) is 0 Å². The molecule has 3 nitrogen and oxygen atoms in total. The van der Waals surface area contributed by atoms with Crippen molar-refractivity contribution in [3.8, 4) is 0 Å². The zero-order valence-electron chi connectivity index (χ0n) is 14.7. The van der Waals surface area contributed by atoms with Gasteiger partial charge in [-0.25, -0.2) is 0 Å². The van der Waals surface area contributed by atoms with Crippen LogP contribution in [0.15, 0.2) is 0 Å². The summed E-state index contributed by atoms with van der Waals surface area (Å²) in [5.41, 5.74) is 0.607. The highest BCUT2D eigenvalue weighted by atomic mass is 15.4. The molecule has 0 amide bonds. The average Bonchev–Trinajstić information content (AvgIpc) is 2.65. The molecule has 2 fully saturated rings. The molecule has 20 heavy (non-hydrogen) atoms. The molecular formula is C17H35N3. The summed E-state index contributed by atoms with van der Waals surface area (Å²) in [5, 5.41) is 0. The van der Waals surface area contributed by atoms with Crippen LogP contribution >= 0.6 is 0 Å². The number of nitrogens with zero attached hydrogens (tertiary/aromatic N) is 3. The maximum atomic E-state index is 2.74. The summed E-state index contributed by atoms with van der Waals surface area (Å²) in [4.78, 5) is 8.06. The second-order valence-corrected chi connectivity index (χ2v) is 8.62. The largest absolute Gasteiger partial charge is 0.298 e. The van der Waals surface area contributed by atoms with Crippen molar-refractivity contribution in [2.24, 2.45) is 0 Å². The van der Waals surface area contributed by atoms with Crippen LogP contribution < -0.4 is 0 Å². The third-order valence-electron chi connectivity index (χ3n) is 5.26. The Kier molecular flexibility index (Phi) is 4.54. The lowest BCUT2D eigenvalue weighted by Gasteiger charge is -2.42. The van der Waals surface area contributed by atoms with Gasteiger partial charge in [0, 0.05) is 55.9 Å². The highest BCUT2D eigenvalue weighted by Gasteiger charge is 2.45. The van der Waals surface area contributed by atoms with E-state index in [0.717, 1.165) is 6.04 Å². The van der Waals surface area contributed by atoms with E-state index in [1.807, 2.05) is 0 Å². The fourth-order valence-electron chi connectivity index (χ4n) is 4.25. The molecule has 0 radical (unpaired) electrons. The molecule has 1 unspecified atom stereocenters. The van der Waals surface area contributed by atoms with Crippen molar-refractivity contribution >= 4 is 0 Å². The molecule has 2 aliphatic heterocycles. The van der Waals surface area contributed by atoms with Crippen LogP contribution in [0.5, 0.6) is 0 Å². The molecule has 0 aromatic rings. The fraction of sp³-hybridized carbons (Fsp3) is 1.00. The Morgan fingerprint density at radius 3 is 1.95 bits per heavy atom. The van der Waals surface area contributed by atoms with Gasteiger partial charge in [-0.1, -0.05) is 0 Å². The third kappa shape index (κ3) is 3.37. The van der Waals surface area contributed by atoms with Gasteiger partial charge in [0.2, 0.25) is 0 Å². The lowest BCUT2D eigenvalue weighted by molar-refractivity contribution is 0.0581. The SMILES string of the molecule is CC(C)N1CCN(C2CN(C(C)(C)C)C(C)(C)C2)CC1. The molecule has 0 aromatic carbocycles. The minimum absolute atomic E-state index is 0.276. The van der Waals surface area contributed by atoms with Gasteiger partial charge in [0.1, 0.15) is 0 Å². The number of likely N-dealkylation sites (tertiary alicyclic amines) is 1. The Hall–Kier alpha value is -0.120. The molecule has 0 aliphatic carbocycles. The summed E-state index contributed by atoms with van der Waals surface area (Å²) in [6, 6.07) is 1.45. The zero-order valence-corrected chi connectivity index (χ0v) is 14.7. The van der Waals surface area contributed by atoms with Gasteiger partial charge in [-0.05, 0) is 54.9 Å². The smallest absolute Gasteiger partial charge is 0.0242 e. The van der Waals surface area contributed by atoms with E-state index in [-0.39, 0.29) is 5.54 Å². The van der Waals surface area contributed by atoms with Gasteiger partial charge in [0.25, 0.3) is 0 Å². The summed E-state index contributed by atoms with van der Waals surface area (Å²) in [6.07, 6.45) is 1.31. The lowest BCUT2D eigenvalue weighted by atomic mass is 9.95. The van der Waals surface area contributed by atoms with Gasteiger partial charge in [0.05, 0.1) is 0 Å². The first-order valence-corrected chi connectivity index (χ1v) is 8.37. The van der Waals surface area contributed by atoms with Crippen LogP contribution in [0.2, 0.25) is 0 Å². The molecule has 2 rings (SSSR count). The molecule has 118 valence electrons. The topological polar surface area (TPSA) is 9.72 Å². The lowest BCUT2D eigenvalue weighted by Crippen LogP contribution is -2.53. The molecule has 0 saturated carbocycles. The predicted molar refractivity (Wildman–Crippen MR) is 87.2 cm³/mol. The molecule has 2 aliphatic rings. The monoisotopic (exact) mass is 281 g/mol. The van der Waals surface area contributed by atoms with E-state index in [1.165, 1.54) is 39.1 Å². The van der Waals surface area contributed by atoms with E-state index in [0.29, 0.717) is 11.6 Å². The van der Waals surface area contributed by atoms with E-state index in [4.69, 9.17) is 0 Å². The molecule has 0 spiro atoms. The van der Waals surface area contributed by atoms with Crippen molar-refractivity contribution in [2.75, 3.05) is 32.7 Å². The minimum atomic E-state index is 0.276. The van der Waals surface area contributed by atoms with Gasteiger partial charge in [-0.15, -0.1) is 0 Å². The average molecular weight is 281 g/mol. The van der Waals surface area contributed by atoms with Crippen LogP contribution in [-0.2, 0) is 0 Å². The first kappa shape index (κ1) is 16.3. The molecule has 2 saturated heterocycles. The Morgan fingerprint density at radius 1 is 1.00 bits per heavy atom. The Labute approximate surface area is 126 Å². The Morgan fingerprint density at radius 2 is 1.55 bits per heavy atom. The van der Waals surface area contributed by atoms with E-state index >= 15 is 0 Å². The first-order chi connectivity index (χ1) is 9.11. The second-order valence-electron chi connectivity index (χ2n) is 8.62. The molecule has 3 heteroatoms. The normalized spacial score (nSPS) is 30.3. The van der Waals surface area contributed by atoms with E-state index in [1.54, 1.807) is 0 Å². The number of rotatable bonds is 2. The van der Waals surface area contributed by atoms with Crippen LogP contribution in [0, 0.1) is 0 Å². The summed E-state index contributed by atoms with van der Waals surface area (Å²) >= 11 is 0. The van der Waals surface area contributed by atoms with Gasteiger partial charge in [-0.3, -0.25) is 14.7 Å². The van der Waals surface area contributed by atoms with E-state index in [9.17, 15) is 0 Å². The third-order valence-corrected chi connectivity index (χ3v) is 5.26. The number of hydrogen-bond acceptors (Lipinski definition) is 3. The first-order valence-electron chi connectivity index (χ1n) is 8.37. The van der Waals surface area contributed by atoms with Crippen LogP contribution in [-0.4, -0.2) is 70.6 Å². The van der Waals surface area contributed by atoms with Gasteiger partial charge < -0.3 is 0 Å². The van der Waals surface area contributed by atoms with Crippen LogP contribution in [0.4, 0.5) is 0 Å². The second kappa shape index (κ2) is 5.58. The van der Waals surface area contributed by atoms with Crippen molar-refractivity contribution in [3.63, 3.8) is 0 Å². The van der Waals surface area contributed by atoms with Gasteiger partial charge in [0.15, 0.2) is 0 Å². The maximum Gasteiger partial charge on any atom is 0.0242 e. The minimum Gasteiger partial charge on any atom is -0.298 e. The molecule has 0 N–H and O–H groups in total. The number of piperazine rings is 1. The van der Waals surface area contributed by atoms with E-state index < -0.39 is 0 Å². The van der Waals surface area contributed by atoms with Gasteiger partial charge >= 0.3 is 0 Å². The maximum absolute atomic E-state index is 2.74. The van der Waals surface area contributed by atoms with Crippen LogP contribution in [0.1, 0.15) is 54.9 Å². The molecule has 2 heterocycles. The number of hydrogen-bond donors (Lipinski definition) is 0. The van der Waals surface area contributed by atoms with Crippen molar-refractivity contribution < 1.29 is 0 Å². The summed E-state index contributed by atoms with van der Waals surface area (Å²) in [6.45, 7) is 22.7. The van der Waals surface area contributed by atoms with E-state index in [2.05, 4.69) is 63.2 Å². The molecule has 0 bridgehead atoms. The van der Waals surface area contributed by atoms with Crippen molar-refractivity contribution in [1.29, 1.82) is 0 Å². The zero-order chi connectivity index (χ0) is 15.1. The summed E-state index contributed by atoms with van der Waals surface area (Å²) in [5.74, 6) is 0. The van der Waals surface area contributed by atoms with Crippen molar-refractivity contribution in [1.82, 2.24) is 14.7 Å². The standard InChI is InChI=1S/C17H35N3/c1-14(2)18-8-10-19(11-9-18)15-12-17(6,7)20(13-15)16(3,4)5/h14-15H,8-13H2,1-7H3. The molecular weight excluding hydrogens is 246 g/mol. The van der Waals surface area contributed by atoms with Crippen molar-refractivity contribution in [3.05, 3.63) is 0 Å². The Bertz CT molecular complexity index is 322. The van der Waals surface area contributed by atoms with Crippen molar-refractivity contribution in [2.45, 2.75) is 78.0 Å². The highest BCUT2D eigenvalue weighted by Crippen LogP contribution is 2.37. The highest BCUT2D eigenvalue weighted by molar-refractivity contribution is 5.02. The summed E-state index contributed by atoms with van der Waals surface area (Å²) < 4.78 is 0. The molecule has 0 aromatic heterocycles. The Balaban J connectivity index is 1.96. The van der Waals surface area contributed by atoms with Crippen LogP contribution in [0.3, 0.4) is 0 Å².